The molecule has 8 nitrogen and oxygen atoms in total. The number of carbonyl (C=O) groups excluding carboxylic acids is 1. The van der Waals surface area contributed by atoms with Crippen LogP contribution >= 0.6 is 0 Å². The van der Waals surface area contributed by atoms with Crippen LogP contribution in [0.3, 0.4) is 0 Å². The van der Waals surface area contributed by atoms with E-state index in [0.29, 0.717) is 55.2 Å². The Labute approximate surface area is 152 Å². The van der Waals surface area contributed by atoms with Crippen molar-refractivity contribution in [2.45, 2.75) is 33.2 Å². The van der Waals surface area contributed by atoms with Gasteiger partial charge in [0.1, 0.15) is 13.2 Å². The third kappa shape index (κ3) is 4.72. The first-order chi connectivity index (χ1) is 12.7. The van der Waals surface area contributed by atoms with Crippen LogP contribution in [0.5, 0.6) is 11.5 Å². The van der Waals surface area contributed by atoms with Crippen LogP contribution in [0.2, 0.25) is 0 Å². The third-order valence-electron chi connectivity index (χ3n) is 3.98. The maximum atomic E-state index is 12.4. The molecule has 8 heteroatoms. The first-order valence-corrected chi connectivity index (χ1v) is 8.91. The van der Waals surface area contributed by atoms with Crippen molar-refractivity contribution in [1.82, 2.24) is 15.0 Å². The number of amides is 1. The number of rotatable bonds is 8. The van der Waals surface area contributed by atoms with Crippen LogP contribution in [0.4, 0.5) is 5.69 Å². The van der Waals surface area contributed by atoms with Gasteiger partial charge in [-0.3, -0.25) is 9.69 Å². The number of anilines is 1. The molecule has 1 aromatic carbocycles. The summed E-state index contributed by atoms with van der Waals surface area (Å²) in [6.45, 7) is 6.51. The van der Waals surface area contributed by atoms with E-state index in [1.807, 2.05) is 11.8 Å². The number of ether oxygens (including phenoxy) is 2. The molecule has 3 rings (SSSR count). The SMILES string of the molecule is CCCc1nc(CN(CC)CC(=O)Nc2ccc3c(c2)OCCO3)no1. The van der Waals surface area contributed by atoms with Crippen LogP contribution in [0.15, 0.2) is 22.7 Å². The Kier molecular flexibility index (Phi) is 6.06. The van der Waals surface area contributed by atoms with Gasteiger partial charge in [-0.2, -0.15) is 4.98 Å². The Morgan fingerprint density at radius 2 is 2.04 bits per heavy atom. The average molecular weight is 360 g/mol. The fourth-order valence-corrected chi connectivity index (χ4v) is 2.67. The topological polar surface area (TPSA) is 89.7 Å². The molecule has 1 aliphatic rings. The van der Waals surface area contributed by atoms with E-state index in [-0.39, 0.29) is 12.5 Å². The molecule has 0 saturated carbocycles. The number of carbonyl (C=O) groups is 1. The van der Waals surface area contributed by atoms with Gasteiger partial charge < -0.3 is 19.3 Å². The van der Waals surface area contributed by atoms with Gasteiger partial charge in [0.2, 0.25) is 11.8 Å². The second-order valence-electron chi connectivity index (χ2n) is 6.06. The highest BCUT2D eigenvalue weighted by Crippen LogP contribution is 2.32. The van der Waals surface area contributed by atoms with Crippen molar-refractivity contribution in [1.29, 1.82) is 0 Å². The van der Waals surface area contributed by atoms with Crippen LogP contribution in [0.1, 0.15) is 32.0 Å². The highest BCUT2D eigenvalue weighted by atomic mass is 16.6. The monoisotopic (exact) mass is 360 g/mol. The van der Waals surface area contributed by atoms with Crippen LogP contribution in [-0.4, -0.2) is 47.3 Å². The molecule has 1 N–H and O–H groups in total. The lowest BCUT2D eigenvalue weighted by molar-refractivity contribution is -0.117. The fourth-order valence-electron chi connectivity index (χ4n) is 2.67. The van der Waals surface area contributed by atoms with E-state index >= 15 is 0 Å². The molecule has 0 bridgehead atoms. The summed E-state index contributed by atoms with van der Waals surface area (Å²) < 4.78 is 16.2. The average Bonchev–Trinajstić information content (AvgIpc) is 3.08. The molecule has 0 saturated heterocycles. The predicted octanol–water partition coefficient (Wildman–Crippen LogP) is 2.25. The quantitative estimate of drug-likeness (QED) is 0.772. The number of benzene rings is 1. The van der Waals surface area contributed by atoms with Crippen molar-refractivity contribution in [3.8, 4) is 11.5 Å². The first-order valence-electron chi connectivity index (χ1n) is 8.91. The number of likely N-dealkylation sites (N-methyl/N-ethyl adjacent to an activating group) is 1. The smallest absolute Gasteiger partial charge is 0.238 e. The van der Waals surface area contributed by atoms with Gasteiger partial charge in [-0.05, 0) is 25.1 Å². The van der Waals surface area contributed by atoms with Crippen molar-refractivity contribution in [3.05, 3.63) is 29.9 Å². The molecular formula is C18H24N4O4. The number of aryl methyl sites for hydroxylation is 1. The second kappa shape index (κ2) is 8.66. The maximum Gasteiger partial charge on any atom is 0.238 e. The van der Waals surface area contributed by atoms with Gasteiger partial charge in [0.15, 0.2) is 17.3 Å². The Morgan fingerprint density at radius 1 is 1.23 bits per heavy atom. The molecule has 0 radical (unpaired) electrons. The molecule has 1 amide bonds. The normalized spacial score (nSPS) is 13.0. The van der Waals surface area contributed by atoms with Crippen molar-refractivity contribution in [2.24, 2.45) is 0 Å². The molecule has 1 aliphatic heterocycles. The number of fused-ring (bicyclic) bond motifs is 1. The van der Waals surface area contributed by atoms with E-state index in [4.69, 9.17) is 14.0 Å². The predicted molar refractivity (Wildman–Crippen MR) is 95.3 cm³/mol. The summed E-state index contributed by atoms with van der Waals surface area (Å²) in [6, 6.07) is 5.38. The highest BCUT2D eigenvalue weighted by molar-refractivity contribution is 5.92. The Morgan fingerprint density at radius 3 is 2.81 bits per heavy atom. The minimum Gasteiger partial charge on any atom is -0.486 e. The largest absolute Gasteiger partial charge is 0.486 e. The van der Waals surface area contributed by atoms with Gasteiger partial charge in [-0.25, -0.2) is 0 Å². The fraction of sp³-hybridized carbons (Fsp3) is 0.500. The van der Waals surface area contributed by atoms with E-state index in [0.717, 1.165) is 12.8 Å². The highest BCUT2D eigenvalue weighted by Gasteiger charge is 2.16. The first kappa shape index (κ1) is 18.2. The molecule has 1 aromatic heterocycles. The van der Waals surface area contributed by atoms with Crippen molar-refractivity contribution in [2.75, 3.05) is 31.6 Å². The van der Waals surface area contributed by atoms with E-state index in [1.165, 1.54) is 0 Å². The van der Waals surface area contributed by atoms with Gasteiger partial charge in [0.25, 0.3) is 0 Å². The molecule has 0 unspecified atom stereocenters. The lowest BCUT2D eigenvalue weighted by atomic mass is 10.2. The zero-order valence-electron chi connectivity index (χ0n) is 15.2. The molecule has 26 heavy (non-hydrogen) atoms. The maximum absolute atomic E-state index is 12.4. The molecule has 2 heterocycles. The second-order valence-corrected chi connectivity index (χ2v) is 6.06. The van der Waals surface area contributed by atoms with Gasteiger partial charge in [0, 0.05) is 18.2 Å². The number of aromatic nitrogens is 2. The summed E-state index contributed by atoms with van der Waals surface area (Å²) in [7, 11) is 0. The van der Waals surface area contributed by atoms with Crippen LogP contribution in [-0.2, 0) is 17.8 Å². The van der Waals surface area contributed by atoms with Crippen LogP contribution in [0.25, 0.3) is 0 Å². The summed E-state index contributed by atoms with van der Waals surface area (Å²) in [6.07, 6.45) is 1.72. The van der Waals surface area contributed by atoms with E-state index in [9.17, 15) is 4.79 Å². The zero-order chi connectivity index (χ0) is 18.4. The molecule has 0 aliphatic carbocycles. The van der Waals surface area contributed by atoms with Crippen LogP contribution in [0, 0.1) is 0 Å². The lowest BCUT2D eigenvalue weighted by Crippen LogP contribution is -2.33. The minimum absolute atomic E-state index is 0.110. The Bertz CT molecular complexity index is 747. The van der Waals surface area contributed by atoms with E-state index in [1.54, 1.807) is 18.2 Å². The van der Waals surface area contributed by atoms with Gasteiger partial charge in [-0.1, -0.05) is 19.0 Å². The van der Waals surface area contributed by atoms with Gasteiger partial charge in [-0.15, -0.1) is 0 Å². The number of nitrogens with one attached hydrogen (secondary N) is 1. The summed E-state index contributed by atoms with van der Waals surface area (Å²) in [4.78, 5) is 18.7. The molecular weight excluding hydrogens is 336 g/mol. The molecule has 0 atom stereocenters. The standard InChI is InChI=1S/C18H24N4O4/c1-3-5-18-20-16(21-26-18)11-22(4-2)12-17(23)19-13-6-7-14-15(10-13)25-9-8-24-14/h6-7,10H,3-5,8-9,11-12H2,1-2H3,(H,19,23). The van der Waals surface area contributed by atoms with Crippen LogP contribution < -0.4 is 14.8 Å². The minimum atomic E-state index is -0.110. The molecule has 0 fully saturated rings. The zero-order valence-corrected chi connectivity index (χ0v) is 15.2. The third-order valence-corrected chi connectivity index (χ3v) is 3.98. The summed E-state index contributed by atoms with van der Waals surface area (Å²) >= 11 is 0. The Balaban J connectivity index is 1.55. The summed E-state index contributed by atoms with van der Waals surface area (Å²) in [5, 5.41) is 6.86. The van der Waals surface area contributed by atoms with Crippen molar-refractivity contribution in [3.63, 3.8) is 0 Å². The van der Waals surface area contributed by atoms with E-state index in [2.05, 4.69) is 22.4 Å². The van der Waals surface area contributed by atoms with Crippen molar-refractivity contribution >= 4 is 11.6 Å². The number of hydrogen-bond acceptors (Lipinski definition) is 7. The Hall–Kier alpha value is -2.61. The van der Waals surface area contributed by atoms with Gasteiger partial charge in [0.05, 0.1) is 13.1 Å². The van der Waals surface area contributed by atoms with Gasteiger partial charge >= 0.3 is 0 Å². The number of nitrogens with zero attached hydrogens (tertiary/aromatic N) is 3. The number of hydrogen-bond donors (Lipinski definition) is 1. The molecule has 0 spiro atoms. The summed E-state index contributed by atoms with van der Waals surface area (Å²) in [5.41, 5.74) is 0.681. The molecule has 2 aromatic rings. The lowest BCUT2D eigenvalue weighted by Gasteiger charge is -2.20. The summed E-state index contributed by atoms with van der Waals surface area (Å²) in [5.74, 6) is 2.48. The van der Waals surface area contributed by atoms with Crippen molar-refractivity contribution < 1.29 is 18.8 Å². The van der Waals surface area contributed by atoms with E-state index < -0.39 is 0 Å². The molecule has 140 valence electrons.